The number of amides is 1. The second-order valence-corrected chi connectivity index (χ2v) is 8.70. The summed E-state index contributed by atoms with van der Waals surface area (Å²) >= 11 is 1.14. The molecule has 8 heteroatoms. The Kier molecular flexibility index (Phi) is 5.10. The topological polar surface area (TPSA) is 76.1 Å². The van der Waals surface area contributed by atoms with Gasteiger partial charge in [0.05, 0.1) is 16.2 Å². The molecule has 0 aliphatic rings. The Morgan fingerprint density at radius 2 is 1.88 bits per heavy atom. The Bertz CT molecular complexity index is 1000. The first-order chi connectivity index (χ1) is 11.9. The molecule has 1 amide bonds. The monoisotopic (exact) mass is 378 g/mol. The Balaban J connectivity index is 1.59. The van der Waals surface area contributed by atoms with Crippen molar-refractivity contribution in [3.63, 3.8) is 0 Å². The largest absolute Gasteiger partial charge is 0.302 e. The highest BCUT2D eigenvalue weighted by atomic mass is 32.2. The maximum atomic E-state index is 13.6. The first-order valence-corrected chi connectivity index (χ1v) is 10.2. The number of carbonyl (C=O) groups is 1. The summed E-state index contributed by atoms with van der Waals surface area (Å²) < 4.78 is 38.4. The van der Waals surface area contributed by atoms with Crippen molar-refractivity contribution in [1.29, 1.82) is 0 Å². The number of thiazole rings is 1. The van der Waals surface area contributed by atoms with Crippen LogP contribution in [0.5, 0.6) is 0 Å². The summed E-state index contributed by atoms with van der Waals surface area (Å²) in [7, 11) is -3.39. The number of hydrogen-bond acceptors (Lipinski definition) is 5. The van der Waals surface area contributed by atoms with E-state index in [-0.39, 0.29) is 28.6 Å². The van der Waals surface area contributed by atoms with E-state index in [1.807, 2.05) is 6.07 Å². The minimum absolute atomic E-state index is 0.104. The normalized spacial score (nSPS) is 11.6. The minimum atomic E-state index is -3.39. The number of nitrogens with one attached hydrogen (secondary N) is 1. The second kappa shape index (κ2) is 7.28. The highest BCUT2D eigenvalue weighted by Gasteiger charge is 2.16. The second-order valence-electron chi connectivity index (χ2n) is 5.48. The van der Waals surface area contributed by atoms with Crippen molar-refractivity contribution in [2.24, 2.45) is 0 Å². The summed E-state index contributed by atoms with van der Waals surface area (Å²) in [5.41, 5.74) is 0.879. The lowest BCUT2D eigenvalue weighted by Gasteiger charge is -2.04. The molecule has 0 bridgehead atoms. The van der Waals surface area contributed by atoms with Gasteiger partial charge in [0.15, 0.2) is 15.0 Å². The van der Waals surface area contributed by atoms with Crippen LogP contribution in [-0.2, 0) is 20.4 Å². The van der Waals surface area contributed by atoms with Crippen molar-refractivity contribution < 1.29 is 17.6 Å². The lowest BCUT2D eigenvalue weighted by atomic mass is 10.2. The van der Waals surface area contributed by atoms with E-state index >= 15 is 0 Å². The van der Waals surface area contributed by atoms with Gasteiger partial charge in [0.25, 0.3) is 0 Å². The molecular formula is C17H15FN2O3S2. The van der Waals surface area contributed by atoms with Gasteiger partial charge in [0.2, 0.25) is 5.91 Å². The van der Waals surface area contributed by atoms with E-state index in [0.29, 0.717) is 10.3 Å². The van der Waals surface area contributed by atoms with E-state index < -0.39 is 21.6 Å². The number of aromatic nitrogens is 1. The van der Waals surface area contributed by atoms with Gasteiger partial charge < -0.3 is 5.32 Å². The SMILES string of the molecule is O=C(CCS(=O)(=O)Cc1ccccc1)Nc1nc2c(F)cccc2s1. The van der Waals surface area contributed by atoms with Gasteiger partial charge in [-0.25, -0.2) is 17.8 Å². The maximum Gasteiger partial charge on any atom is 0.227 e. The molecule has 3 rings (SSSR count). The molecule has 0 atom stereocenters. The highest BCUT2D eigenvalue weighted by Crippen LogP contribution is 2.27. The maximum absolute atomic E-state index is 13.6. The van der Waals surface area contributed by atoms with Gasteiger partial charge in [0.1, 0.15) is 11.3 Å². The number of halogens is 1. The van der Waals surface area contributed by atoms with E-state index in [0.717, 1.165) is 11.3 Å². The number of para-hydroxylation sites is 1. The van der Waals surface area contributed by atoms with Gasteiger partial charge in [0, 0.05) is 6.42 Å². The average molecular weight is 378 g/mol. The number of sulfone groups is 1. The van der Waals surface area contributed by atoms with Gasteiger partial charge in [-0.3, -0.25) is 4.79 Å². The summed E-state index contributed by atoms with van der Waals surface area (Å²) in [5.74, 6) is -1.28. The van der Waals surface area contributed by atoms with E-state index in [1.54, 1.807) is 36.4 Å². The van der Waals surface area contributed by atoms with Crippen LogP contribution < -0.4 is 5.32 Å². The van der Waals surface area contributed by atoms with Crippen LogP contribution in [0, 0.1) is 5.82 Å². The smallest absolute Gasteiger partial charge is 0.227 e. The molecular weight excluding hydrogens is 363 g/mol. The van der Waals surface area contributed by atoms with Crippen LogP contribution in [0.1, 0.15) is 12.0 Å². The fraction of sp³-hybridized carbons (Fsp3) is 0.176. The predicted molar refractivity (Wildman–Crippen MR) is 96.8 cm³/mol. The number of benzene rings is 2. The van der Waals surface area contributed by atoms with Crippen molar-refractivity contribution in [1.82, 2.24) is 4.98 Å². The number of anilines is 1. The molecule has 1 heterocycles. The number of fused-ring (bicyclic) bond motifs is 1. The van der Waals surface area contributed by atoms with Crippen molar-refractivity contribution in [3.8, 4) is 0 Å². The third-order valence-electron chi connectivity index (χ3n) is 3.49. The summed E-state index contributed by atoms with van der Waals surface area (Å²) in [4.78, 5) is 16.0. The third kappa shape index (κ3) is 4.61. The molecule has 0 saturated carbocycles. The number of hydrogen-bond donors (Lipinski definition) is 1. The zero-order valence-electron chi connectivity index (χ0n) is 13.1. The molecule has 0 aliphatic carbocycles. The van der Waals surface area contributed by atoms with E-state index in [1.165, 1.54) is 6.07 Å². The molecule has 0 fully saturated rings. The van der Waals surface area contributed by atoms with Crippen LogP contribution in [0.2, 0.25) is 0 Å². The van der Waals surface area contributed by atoms with Crippen molar-refractivity contribution in [2.45, 2.75) is 12.2 Å². The van der Waals surface area contributed by atoms with Gasteiger partial charge in [-0.2, -0.15) is 0 Å². The Morgan fingerprint density at radius 3 is 2.60 bits per heavy atom. The van der Waals surface area contributed by atoms with Crippen LogP contribution in [0.4, 0.5) is 9.52 Å². The molecule has 0 spiro atoms. The fourth-order valence-corrected chi connectivity index (χ4v) is 4.54. The lowest BCUT2D eigenvalue weighted by Crippen LogP contribution is -2.18. The Morgan fingerprint density at radius 1 is 1.12 bits per heavy atom. The molecule has 1 aromatic heterocycles. The van der Waals surface area contributed by atoms with Crippen LogP contribution in [0.25, 0.3) is 10.2 Å². The number of rotatable bonds is 6. The van der Waals surface area contributed by atoms with Crippen molar-refractivity contribution in [3.05, 3.63) is 59.9 Å². The molecule has 5 nitrogen and oxygen atoms in total. The molecule has 1 N–H and O–H groups in total. The standard InChI is InChI=1S/C17H15FN2O3S2/c18-13-7-4-8-14-16(13)20-17(24-14)19-15(21)9-10-25(22,23)11-12-5-2-1-3-6-12/h1-8H,9-11H2,(H,19,20,21). The Labute approximate surface area is 148 Å². The van der Waals surface area contributed by atoms with Crippen molar-refractivity contribution >= 4 is 42.4 Å². The number of carbonyl (C=O) groups excluding carboxylic acids is 1. The van der Waals surface area contributed by atoms with Crippen LogP contribution in [-0.4, -0.2) is 25.1 Å². The molecule has 0 unspecified atom stereocenters. The van der Waals surface area contributed by atoms with Gasteiger partial charge >= 0.3 is 0 Å². The Hall–Kier alpha value is -2.32. The van der Waals surface area contributed by atoms with Crippen LogP contribution >= 0.6 is 11.3 Å². The first kappa shape index (κ1) is 17.5. The summed E-state index contributed by atoms with van der Waals surface area (Å²) in [5, 5.41) is 2.79. The summed E-state index contributed by atoms with van der Waals surface area (Å²) in [6, 6.07) is 13.4. The van der Waals surface area contributed by atoms with Crippen LogP contribution in [0.15, 0.2) is 48.5 Å². The molecule has 25 heavy (non-hydrogen) atoms. The minimum Gasteiger partial charge on any atom is -0.302 e. The summed E-state index contributed by atoms with van der Waals surface area (Å²) in [6.45, 7) is 0. The third-order valence-corrected chi connectivity index (χ3v) is 6.02. The van der Waals surface area contributed by atoms with E-state index in [9.17, 15) is 17.6 Å². The molecule has 0 saturated heterocycles. The van der Waals surface area contributed by atoms with Gasteiger partial charge in [-0.05, 0) is 17.7 Å². The number of nitrogens with zero attached hydrogens (tertiary/aromatic N) is 1. The van der Waals surface area contributed by atoms with E-state index in [2.05, 4.69) is 10.3 Å². The average Bonchev–Trinajstić information content (AvgIpc) is 2.98. The fourth-order valence-electron chi connectivity index (χ4n) is 2.30. The molecule has 0 radical (unpaired) electrons. The summed E-state index contributed by atoms with van der Waals surface area (Å²) in [6.07, 6.45) is -0.173. The van der Waals surface area contributed by atoms with Crippen LogP contribution in [0.3, 0.4) is 0 Å². The highest BCUT2D eigenvalue weighted by molar-refractivity contribution is 7.90. The molecule has 3 aromatic rings. The zero-order valence-corrected chi connectivity index (χ0v) is 14.7. The molecule has 0 aliphatic heterocycles. The molecule has 2 aromatic carbocycles. The van der Waals surface area contributed by atoms with E-state index in [4.69, 9.17) is 0 Å². The lowest BCUT2D eigenvalue weighted by molar-refractivity contribution is -0.115. The van der Waals surface area contributed by atoms with Crippen molar-refractivity contribution in [2.75, 3.05) is 11.1 Å². The first-order valence-electron chi connectivity index (χ1n) is 7.52. The predicted octanol–water partition coefficient (Wildman–Crippen LogP) is 3.38. The zero-order chi connectivity index (χ0) is 17.9. The van der Waals surface area contributed by atoms with Gasteiger partial charge in [-0.1, -0.05) is 47.7 Å². The molecule has 130 valence electrons. The van der Waals surface area contributed by atoms with Gasteiger partial charge in [-0.15, -0.1) is 0 Å². The quantitative estimate of drug-likeness (QED) is 0.713.